The van der Waals surface area contributed by atoms with E-state index >= 15 is 0 Å². The molecule has 2 aromatic rings. The molecule has 0 radical (unpaired) electrons. The van der Waals surface area contributed by atoms with E-state index in [0.29, 0.717) is 16.5 Å². The van der Waals surface area contributed by atoms with E-state index in [-0.39, 0.29) is 23.4 Å². The molecule has 0 aliphatic carbocycles. The number of aromatic nitrogens is 2. The summed E-state index contributed by atoms with van der Waals surface area (Å²) in [7, 11) is 1.29. The molecule has 112 valence electrons. The maximum Gasteiger partial charge on any atom is 0.350 e. The summed E-state index contributed by atoms with van der Waals surface area (Å²) in [5.74, 6) is -0.403. The number of thioether (sulfide) groups is 1. The van der Waals surface area contributed by atoms with Crippen molar-refractivity contribution in [3.63, 3.8) is 0 Å². The molecule has 0 spiro atoms. The number of nitrogens with zero attached hydrogens (tertiary/aromatic N) is 2. The summed E-state index contributed by atoms with van der Waals surface area (Å²) >= 11 is 2.28. The first-order valence-electron chi connectivity index (χ1n) is 5.75. The van der Waals surface area contributed by atoms with Crippen LogP contribution in [0.5, 0.6) is 0 Å². The molecule has 2 heterocycles. The van der Waals surface area contributed by atoms with Crippen LogP contribution in [0.25, 0.3) is 0 Å². The maximum atomic E-state index is 11.8. The van der Waals surface area contributed by atoms with Gasteiger partial charge in [0.05, 0.1) is 25.1 Å². The summed E-state index contributed by atoms with van der Waals surface area (Å²) in [6.07, 6.45) is 0. The molecule has 0 atom stereocenters. The molecule has 0 aliphatic rings. The van der Waals surface area contributed by atoms with Gasteiger partial charge < -0.3 is 20.2 Å². The zero-order valence-electron chi connectivity index (χ0n) is 11.0. The van der Waals surface area contributed by atoms with E-state index in [2.05, 4.69) is 20.3 Å². The Morgan fingerprint density at radius 3 is 3.00 bits per heavy atom. The first-order valence-corrected chi connectivity index (χ1v) is 7.61. The van der Waals surface area contributed by atoms with Gasteiger partial charge in [0.2, 0.25) is 11.8 Å². The van der Waals surface area contributed by atoms with Gasteiger partial charge in [0.25, 0.3) is 5.22 Å². The van der Waals surface area contributed by atoms with Crippen LogP contribution in [0, 0.1) is 0 Å². The van der Waals surface area contributed by atoms with Crippen LogP contribution < -0.4 is 11.1 Å². The van der Waals surface area contributed by atoms with Crippen molar-refractivity contribution in [2.24, 2.45) is 5.73 Å². The number of methoxy groups -OCH3 is 1. The number of nitrogens with two attached hydrogens (primary N) is 1. The molecule has 0 aromatic carbocycles. The summed E-state index contributed by atoms with van der Waals surface area (Å²) in [6, 6.07) is 1.64. The van der Waals surface area contributed by atoms with Gasteiger partial charge in [-0.2, -0.15) is 0 Å². The van der Waals surface area contributed by atoms with Crippen LogP contribution in [0.3, 0.4) is 0 Å². The SMILES string of the molecule is COC(=O)c1sccc1NC(=O)CSc1nnc(CN)o1. The topological polar surface area (TPSA) is 120 Å². The second kappa shape index (κ2) is 7.20. The Bertz CT molecular complexity index is 640. The molecule has 10 heteroatoms. The van der Waals surface area contributed by atoms with E-state index in [1.54, 1.807) is 11.4 Å². The number of carbonyl (C=O) groups is 2. The van der Waals surface area contributed by atoms with Crippen molar-refractivity contribution < 1.29 is 18.7 Å². The van der Waals surface area contributed by atoms with Crippen molar-refractivity contribution in [1.29, 1.82) is 0 Å². The number of anilines is 1. The Morgan fingerprint density at radius 2 is 2.33 bits per heavy atom. The molecule has 0 saturated carbocycles. The number of amides is 1. The van der Waals surface area contributed by atoms with Crippen LogP contribution in [-0.4, -0.2) is 34.9 Å². The van der Waals surface area contributed by atoms with Gasteiger partial charge in [-0.15, -0.1) is 21.5 Å². The molecular formula is C11H12N4O4S2. The maximum absolute atomic E-state index is 11.8. The number of hydrogen-bond acceptors (Lipinski definition) is 9. The molecule has 3 N–H and O–H groups in total. The van der Waals surface area contributed by atoms with E-state index in [9.17, 15) is 9.59 Å². The number of hydrogen-bond donors (Lipinski definition) is 2. The summed E-state index contributed by atoms with van der Waals surface area (Å²) < 4.78 is 9.79. The van der Waals surface area contributed by atoms with Gasteiger partial charge in [-0.05, 0) is 11.4 Å². The lowest BCUT2D eigenvalue weighted by Crippen LogP contribution is -2.15. The Hall–Kier alpha value is -1.91. The molecule has 0 saturated heterocycles. The van der Waals surface area contributed by atoms with Crippen LogP contribution in [-0.2, 0) is 16.1 Å². The Kier molecular flexibility index (Phi) is 5.31. The normalized spacial score (nSPS) is 10.4. The molecule has 0 bridgehead atoms. The minimum absolute atomic E-state index is 0.0721. The summed E-state index contributed by atoms with van der Waals surface area (Å²) in [4.78, 5) is 23.7. The van der Waals surface area contributed by atoms with Crippen molar-refractivity contribution in [1.82, 2.24) is 10.2 Å². The van der Waals surface area contributed by atoms with Crippen LogP contribution in [0.1, 0.15) is 15.6 Å². The molecule has 2 aromatic heterocycles. The van der Waals surface area contributed by atoms with Gasteiger partial charge in [0, 0.05) is 0 Å². The van der Waals surface area contributed by atoms with Gasteiger partial charge in [-0.3, -0.25) is 4.79 Å². The number of nitrogens with one attached hydrogen (secondary N) is 1. The standard InChI is InChI=1S/C11H12N4O4S2/c1-18-10(17)9-6(2-3-20-9)13-7(16)5-21-11-15-14-8(4-12)19-11/h2-3H,4-5,12H2,1H3,(H,13,16). The first kappa shape index (κ1) is 15.5. The first-order chi connectivity index (χ1) is 10.1. The van der Waals surface area contributed by atoms with E-state index in [1.165, 1.54) is 18.4 Å². The number of ether oxygens (including phenoxy) is 1. The molecule has 21 heavy (non-hydrogen) atoms. The Morgan fingerprint density at radius 1 is 1.52 bits per heavy atom. The molecule has 0 aliphatic heterocycles. The molecule has 0 unspecified atom stereocenters. The van der Waals surface area contributed by atoms with Gasteiger partial charge in [0.1, 0.15) is 4.88 Å². The third-order valence-electron chi connectivity index (χ3n) is 2.26. The summed E-state index contributed by atoms with van der Waals surface area (Å²) in [5.41, 5.74) is 5.76. The van der Waals surface area contributed by atoms with Crippen molar-refractivity contribution >= 4 is 40.7 Å². The van der Waals surface area contributed by atoms with Crippen LogP contribution in [0.15, 0.2) is 21.1 Å². The Balaban J connectivity index is 1.90. The average molecular weight is 328 g/mol. The lowest BCUT2D eigenvalue weighted by Gasteiger charge is -2.04. The summed E-state index contributed by atoms with van der Waals surface area (Å²) in [5, 5.41) is 12.0. The van der Waals surface area contributed by atoms with Crippen LogP contribution >= 0.6 is 23.1 Å². The number of rotatable bonds is 6. The smallest absolute Gasteiger partial charge is 0.350 e. The fraction of sp³-hybridized carbons (Fsp3) is 0.273. The fourth-order valence-corrected chi connectivity index (χ4v) is 2.70. The van der Waals surface area contributed by atoms with Gasteiger partial charge in [-0.1, -0.05) is 11.8 Å². The molecule has 2 rings (SSSR count). The average Bonchev–Trinajstić information content (AvgIpc) is 3.13. The molecule has 1 amide bonds. The van der Waals surface area contributed by atoms with Gasteiger partial charge >= 0.3 is 5.97 Å². The number of thiophene rings is 1. The lowest BCUT2D eigenvalue weighted by atomic mass is 10.4. The number of carbonyl (C=O) groups excluding carboxylic acids is 2. The molecule has 0 fully saturated rings. The third kappa shape index (κ3) is 4.03. The lowest BCUT2D eigenvalue weighted by molar-refractivity contribution is -0.113. The van der Waals surface area contributed by atoms with Gasteiger partial charge in [0.15, 0.2) is 0 Å². The van der Waals surface area contributed by atoms with Crippen molar-refractivity contribution in [2.45, 2.75) is 11.8 Å². The fourth-order valence-electron chi connectivity index (χ4n) is 1.35. The van der Waals surface area contributed by atoms with Crippen molar-refractivity contribution in [2.75, 3.05) is 18.2 Å². The Labute approximate surface area is 128 Å². The van der Waals surface area contributed by atoms with Gasteiger partial charge in [-0.25, -0.2) is 4.79 Å². The van der Waals surface area contributed by atoms with Crippen molar-refractivity contribution in [3.05, 3.63) is 22.2 Å². The second-order valence-corrected chi connectivity index (χ2v) is 5.50. The zero-order valence-corrected chi connectivity index (χ0v) is 12.6. The van der Waals surface area contributed by atoms with E-state index < -0.39 is 5.97 Å². The monoisotopic (exact) mass is 328 g/mol. The highest BCUT2D eigenvalue weighted by Gasteiger charge is 2.16. The highest BCUT2D eigenvalue weighted by molar-refractivity contribution is 7.99. The van der Waals surface area contributed by atoms with Crippen LogP contribution in [0.2, 0.25) is 0 Å². The van der Waals surface area contributed by atoms with E-state index in [4.69, 9.17) is 10.2 Å². The highest BCUT2D eigenvalue weighted by atomic mass is 32.2. The van der Waals surface area contributed by atoms with Crippen LogP contribution in [0.4, 0.5) is 5.69 Å². The largest absolute Gasteiger partial charge is 0.465 e. The van der Waals surface area contributed by atoms with Crippen molar-refractivity contribution in [3.8, 4) is 0 Å². The summed E-state index contributed by atoms with van der Waals surface area (Å²) in [6.45, 7) is 0.150. The van der Waals surface area contributed by atoms with E-state index in [0.717, 1.165) is 11.8 Å². The number of esters is 1. The third-order valence-corrected chi connectivity index (χ3v) is 3.97. The predicted octanol–water partition coefficient (Wildman–Crippen LogP) is 1.11. The second-order valence-electron chi connectivity index (χ2n) is 3.66. The highest BCUT2D eigenvalue weighted by Crippen LogP contribution is 2.24. The molecule has 8 nitrogen and oxygen atoms in total. The molecular weight excluding hydrogens is 316 g/mol. The minimum atomic E-state index is -0.488. The quantitative estimate of drug-likeness (QED) is 0.597. The van der Waals surface area contributed by atoms with E-state index in [1.807, 2.05) is 0 Å². The minimum Gasteiger partial charge on any atom is -0.465 e. The zero-order chi connectivity index (χ0) is 15.2. The predicted molar refractivity (Wildman–Crippen MR) is 77.2 cm³/mol.